The SMILES string of the molecule is CCCC1CCN(C(=O)NCC(C)(C)C(=O)O)C1. The van der Waals surface area contributed by atoms with Crippen molar-refractivity contribution in [1.82, 2.24) is 10.2 Å². The van der Waals surface area contributed by atoms with Crippen LogP contribution in [0.25, 0.3) is 0 Å². The maximum atomic E-state index is 11.9. The largest absolute Gasteiger partial charge is 0.481 e. The number of carboxylic acid groups (broad SMARTS) is 1. The average Bonchev–Trinajstić information content (AvgIpc) is 2.75. The topological polar surface area (TPSA) is 69.6 Å². The molecular formula is C13H24N2O3. The fourth-order valence-corrected chi connectivity index (χ4v) is 2.14. The number of carbonyl (C=O) groups excluding carboxylic acids is 1. The highest BCUT2D eigenvalue weighted by molar-refractivity contribution is 5.77. The third-order valence-corrected chi connectivity index (χ3v) is 3.53. The van der Waals surface area contributed by atoms with Gasteiger partial charge < -0.3 is 15.3 Å². The van der Waals surface area contributed by atoms with E-state index in [-0.39, 0.29) is 12.6 Å². The predicted molar refractivity (Wildman–Crippen MR) is 69.4 cm³/mol. The van der Waals surface area contributed by atoms with Gasteiger partial charge in [0.15, 0.2) is 0 Å². The second kappa shape index (κ2) is 6.07. The summed E-state index contributed by atoms with van der Waals surface area (Å²) in [5.41, 5.74) is -0.918. The van der Waals surface area contributed by atoms with Crippen LogP contribution in [0, 0.1) is 11.3 Å². The first-order valence-corrected chi connectivity index (χ1v) is 6.63. The second-order valence-corrected chi connectivity index (χ2v) is 5.74. The third-order valence-electron chi connectivity index (χ3n) is 3.53. The summed E-state index contributed by atoms with van der Waals surface area (Å²) in [4.78, 5) is 24.6. The van der Waals surface area contributed by atoms with Crippen molar-refractivity contribution >= 4 is 12.0 Å². The van der Waals surface area contributed by atoms with Crippen molar-refractivity contribution in [2.24, 2.45) is 11.3 Å². The summed E-state index contributed by atoms with van der Waals surface area (Å²) >= 11 is 0. The Kier molecular flexibility index (Phi) is 4.99. The van der Waals surface area contributed by atoms with Crippen molar-refractivity contribution in [2.45, 2.75) is 40.0 Å². The minimum Gasteiger partial charge on any atom is -0.481 e. The van der Waals surface area contributed by atoms with Gasteiger partial charge in [0, 0.05) is 19.6 Å². The third kappa shape index (κ3) is 3.89. The Balaban J connectivity index is 2.36. The number of hydrogen-bond donors (Lipinski definition) is 2. The van der Waals surface area contributed by atoms with E-state index in [0.717, 1.165) is 32.4 Å². The van der Waals surface area contributed by atoms with Crippen LogP contribution < -0.4 is 5.32 Å². The zero-order valence-electron chi connectivity index (χ0n) is 11.5. The number of aliphatic carboxylic acids is 1. The van der Waals surface area contributed by atoms with Crippen LogP contribution in [-0.2, 0) is 4.79 Å². The Bertz CT molecular complexity index is 315. The molecule has 1 aliphatic heterocycles. The molecule has 5 nitrogen and oxygen atoms in total. The molecule has 0 radical (unpaired) electrons. The monoisotopic (exact) mass is 256 g/mol. The standard InChI is InChI=1S/C13H24N2O3/c1-4-5-10-6-7-15(8-10)12(18)14-9-13(2,3)11(16)17/h10H,4-9H2,1-3H3,(H,14,18)(H,16,17). The normalized spacial score (nSPS) is 19.9. The zero-order chi connectivity index (χ0) is 13.8. The van der Waals surface area contributed by atoms with Crippen molar-refractivity contribution in [3.63, 3.8) is 0 Å². The summed E-state index contributed by atoms with van der Waals surface area (Å²) < 4.78 is 0. The lowest BCUT2D eigenvalue weighted by Crippen LogP contribution is -2.44. The maximum absolute atomic E-state index is 11.9. The molecule has 0 saturated carbocycles. The number of carboxylic acids is 1. The first-order valence-electron chi connectivity index (χ1n) is 6.63. The Morgan fingerprint density at radius 3 is 2.67 bits per heavy atom. The molecule has 1 aliphatic rings. The number of nitrogens with one attached hydrogen (secondary N) is 1. The van der Waals surface area contributed by atoms with E-state index < -0.39 is 11.4 Å². The molecule has 0 aromatic rings. The van der Waals surface area contributed by atoms with Gasteiger partial charge in [0.1, 0.15) is 0 Å². The van der Waals surface area contributed by atoms with Gasteiger partial charge in [-0.2, -0.15) is 0 Å². The van der Waals surface area contributed by atoms with Crippen LogP contribution in [0.3, 0.4) is 0 Å². The van der Waals surface area contributed by atoms with Crippen LogP contribution in [0.1, 0.15) is 40.0 Å². The molecule has 1 saturated heterocycles. The highest BCUT2D eigenvalue weighted by Gasteiger charge is 2.30. The number of likely N-dealkylation sites (tertiary alicyclic amines) is 1. The van der Waals surface area contributed by atoms with E-state index in [4.69, 9.17) is 5.11 Å². The first-order chi connectivity index (χ1) is 8.36. The second-order valence-electron chi connectivity index (χ2n) is 5.74. The molecule has 0 aromatic heterocycles. The number of urea groups is 1. The van der Waals surface area contributed by atoms with Crippen molar-refractivity contribution in [3.8, 4) is 0 Å². The molecule has 18 heavy (non-hydrogen) atoms. The van der Waals surface area contributed by atoms with Gasteiger partial charge in [0.05, 0.1) is 5.41 Å². The summed E-state index contributed by atoms with van der Waals surface area (Å²) in [6, 6.07) is -0.136. The summed E-state index contributed by atoms with van der Waals surface area (Å²) in [5, 5.41) is 11.7. The van der Waals surface area contributed by atoms with Crippen molar-refractivity contribution in [1.29, 1.82) is 0 Å². The van der Waals surface area contributed by atoms with Gasteiger partial charge in [-0.15, -0.1) is 0 Å². The molecule has 1 unspecified atom stereocenters. The van der Waals surface area contributed by atoms with Crippen LogP contribution in [0.5, 0.6) is 0 Å². The quantitative estimate of drug-likeness (QED) is 0.789. The molecule has 1 heterocycles. The van der Waals surface area contributed by atoms with E-state index >= 15 is 0 Å². The van der Waals surface area contributed by atoms with Crippen LogP contribution in [0.2, 0.25) is 0 Å². The van der Waals surface area contributed by atoms with Crippen LogP contribution >= 0.6 is 0 Å². The van der Waals surface area contributed by atoms with Crippen LogP contribution in [-0.4, -0.2) is 41.6 Å². The zero-order valence-corrected chi connectivity index (χ0v) is 11.5. The molecule has 5 heteroatoms. The van der Waals surface area contributed by atoms with E-state index in [9.17, 15) is 9.59 Å². The molecule has 104 valence electrons. The lowest BCUT2D eigenvalue weighted by Gasteiger charge is -2.23. The number of hydrogen-bond acceptors (Lipinski definition) is 2. The number of rotatable bonds is 5. The van der Waals surface area contributed by atoms with E-state index in [1.54, 1.807) is 18.7 Å². The summed E-state index contributed by atoms with van der Waals surface area (Å²) in [6.45, 7) is 7.12. The smallest absolute Gasteiger partial charge is 0.317 e. The van der Waals surface area contributed by atoms with E-state index in [1.807, 2.05) is 0 Å². The first kappa shape index (κ1) is 14.8. The minimum atomic E-state index is -0.918. The van der Waals surface area contributed by atoms with Crippen LogP contribution in [0.15, 0.2) is 0 Å². The van der Waals surface area contributed by atoms with Gasteiger partial charge >= 0.3 is 12.0 Å². The Labute approximate surface area is 109 Å². The van der Waals surface area contributed by atoms with Crippen molar-refractivity contribution in [3.05, 3.63) is 0 Å². The molecule has 0 aromatic carbocycles. The minimum absolute atomic E-state index is 0.136. The summed E-state index contributed by atoms with van der Waals surface area (Å²) in [5.74, 6) is -0.290. The molecule has 1 fully saturated rings. The fraction of sp³-hybridized carbons (Fsp3) is 0.846. The van der Waals surface area contributed by atoms with E-state index in [1.165, 1.54) is 0 Å². The van der Waals surface area contributed by atoms with Gasteiger partial charge in [0.25, 0.3) is 0 Å². The molecule has 2 amide bonds. The summed E-state index contributed by atoms with van der Waals surface area (Å²) in [7, 11) is 0. The molecule has 0 bridgehead atoms. The lowest BCUT2D eigenvalue weighted by molar-refractivity contribution is -0.146. The van der Waals surface area contributed by atoms with Gasteiger partial charge in [-0.25, -0.2) is 4.79 Å². The lowest BCUT2D eigenvalue weighted by atomic mass is 9.94. The van der Waals surface area contributed by atoms with Gasteiger partial charge in [-0.1, -0.05) is 13.3 Å². The van der Waals surface area contributed by atoms with E-state index in [2.05, 4.69) is 12.2 Å². The molecule has 0 aliphatic carbocycles. The van der Waals surface area contributed by atoms with Crippen molar-refractivity contribution in [2.75, 3.05) is 19.6 Å². The van der Waals surface area contributed by atoms with Crippen LogP contribution in [0.4, 0.5) is 4.79 Å². The summed E-state index contributed by atoms with van der Waals surface area (Å²) in [6.07, 6.45) is 3.36. The van der Waals surface area contributed by atoms with Gasteiger partial charge in [0.2, 0.25) is 0 Å². The highest BCUT2D eigenvalue weighted by Crippen LogP contribution is 2.21. The molecule has 1 atom stereocenters. The molecule has 2 N–H and O–H groups in total. The maximum Gasteiger partial charge on any atom is 0.317 e. The van der Waals surface area contributed by atoms with E-state index in [0.29, 0.717) is 5.92 Å². The van der Waals surface area contributed by atoms with Gasteiger partial charge in [-0.3, -0.25) is 4.79 Å². The molecule has 0 spiro atoms. The Morgan fingerprint density at radius 1 is 1.44 bits per heavy atom. The average molecular weight is 256 g/mol. The number of amides is 2. The Hall–Kier alpha value is -1.26. The molecular weight excluding hydrogens is 232 g/mol. The Morgan fingerprint density at radius 2 is 2.11 bits per heavy atom. The number of nitrogens with zero attached hydrogens (tertiary/aromatic N) is 1. The number of carbonyl (C=O) groups is 2. The van der Waals surface area contributed by atoms with Crippen molar-refractivity contribution < 1.29 is 14.7 Å². The molecule has 1 rings (SSSR count). The van der Waals surface area contributed by atoms with Gasteiger partial charge in [-0.05, 0) is 32.6 Å². The predicted octanol–water partition coefficient (Wildman–Crippen LogP) is 1.93. The highest BCUT2D eigenvalue weighted by atomic mass is 16.4. The fourth-order valence-electron chi connectivity index (χ4n) is 2.14.